The van der Waals surface area contributed by atoms with E-state index in [9.17, 15) is 18.0 Å². The highest BCUT2D eigenvalue weighted by Crippen LogP contribution is 2.35. The van der Waals surface area contributed by atoms with Gasteiger partial charge in [0.1, 0.15) is 9.23 Å². The molecule has 2 aromatic carbocycles. The van der Waals surface area contributed by atoms with Crippen LogP contribution >= 0.6 is 34.5 Å². The summed E-state index contributed by atoms with van der Waals surface area (Å²) in [4.78, 5) is 27.1. The van der Waals surface area contributed by atoms with Gasteiger partial charge in [0.25, 0.3) is 15.9 Å². The third-order valence-electron chi connectivity index (χ3n) is 5.36. The SMILES string of the molecule is CC(OC(=O)c1ccc(NS(=O)(=O)c2cc(Cl)sc2Cl)cc1)C(=O)N1c2ccccc2CC1C. The van der Waals surface area contributed by atoms with Crippen LogP contribution in [0.3, 0.4) is 0 Å². The first-order valence-electron chi connectivity index (χ1n) is 10.3. The van der Waals surface area contributed by atoms with E-state index in [0.29, 0.717) is 0 Å². The van der Waals surface area contributed by atoms with Gasteiger partial charge in [0.2, 0.25) is 0 Å². The molecule has 3 aromatic rings. The lowest BCUT2D eigenvalue weighted by Gasteiger charge is -2.26. The van der Waals surface area contributed by atoms with Crippen LogP contribution in [0.1, 0.15) is 29.8 Å². The van der Waals surface area contributed by atoms with Crippen LogP contribution in [0.4, 0.5) is 11.4 Å². The van der Waals surface area contributed by atoms with E-state index in [2.05, 4.69) is 4.72 Å². The van der Waals surface area contributed by atoms with Crippen molar-refractivity contribution in [2.45, 2.75) is 37.3 Å². The lowest BCUT2D eigenvalue weighted by atomic mass is 10.1. The topological polar surface area (TPSA) is 92.8 Å². The van der Waals surface area contributed by atoms with Crippen molar-refractivity contribution in [3.63, 3.8) is 0 Å². The van der Waals surface area contributed by atoms with Crippen molar-refractivity contribution in [3.8, 4) is 0 Å². The highest BCUT2D eigenvalue weighted by Gasteiger charge is 2.34. The molecular formula is C23H20Cl2N2O5S2. The standard InChI is InChI=1S/C23H20Cl2N2O5S2/c1-13-11-16-5-3-4-6-18(16)27(13)22(28)14(2)32-23(29)15-7-9-17(10-8-15)26-34(30,31)19-12-20(24)33-21(19)25/h3-10,12-14,26H,11H2,1-2H3. The van der Waals surface area contributed by atoms with Crippen LogP contribution < -0.4 is 9.62 Å². The molecular weight excluding hydrogens is 519 g/mol. The minimum Gasteiger partial charge on any atom is -0.449 e. The molecule has 0 spiro atoms. The van der Waals surface area contributed by atoms with Crippen molar-refractivity contribution in [3.05, 3.63) is 74.4 Å². The van der Waals surface area contributed by atoms with Crippen LogP contribution in [0.2, 0.25) is 8.67 Å². The number of nitrogens with one attached hydrogen (secondary N) is 1. The fraction of sp³-hybridized carbons (Fsp3) is 0.217. The second-order valence-electron chi connectivity index (χ2n) is 7.81. The number of carbonyl (C=O) groups is 2. The van der Waals surface area contributed by atoms with E-state index in [0.717, 1.165) is 29.0 Å². The Morgan fingerprint density at radius 1 is 1.15 bits per heavy atom. The maximum absolute atomic E-state index is 13.0. The number of benzene rings is 2. The van der Waals surface area contributed by atoms with Crippen LogP contribution in [0.25, 0.3) is 0 Å². The van der Waals surface area contributed by atoms with Crippen molar-refractivity contribution in [1.82, 2.24) is 0 Å². The van der Waals surface area contributed by atoms with Gasteiger partial charge in [0, 0.05) is 17.4 Å². The van der Waals surface area contributed by atoms with Gasteiger partial charge in [-0.3, -0.25) is 9.52 Å². The normalized spacial score (nSPS) is 16.1. The van der Waals surface area contributed by atoms with Crippen LogP contribution in [0.15, 0.2) is 59.5 Å². The van der Waals surface area contributed by atoms with Crippen LogP contribution in [0, 0.1) is 0 Å². The Hall–Kier alpha value is -2.59. The Bertz CT molecular complexity index is 1360. The monoisotopic (exact) mass is 538 g/mol. The molecule has 0 saturated carbocycles. The number of carbonyl (C=O) groups excluding carboxylic acids is 2. The van der Waals surface area contributed by atoms with Gasteiger partial charge in [-0.2, -0.15) is 0 Å². The molecule has 2 unspecified atom stereocenters. The molecule has 1 aliphatic rings. The second kappa shape index (κ2) is 9.58. The van der Waals surface area contributed by atoms with Crippen LogP contribution in [-0.2, 0) is 26.0 Å². The van der Waals surface area contributed by atoms with Gasteiger partial charge in [0.05, 0.1) is 9.90 Å². The number of amides is 1. The number of thiophene rings is 1. The summed E-state index contributed by atoms with van der Waals surface area (Å²) in [6.45, 7) is 3.48. The Kier molecular flexibility index (Phi) is 6.91. The van der Waals surface area contributed by atoms with E-state index in [-0.39, 0.29) is 36.8 Å². The minimum absolute atomic E-state index is 0.0371. The predicted octanol–water partition coefficient (Wildman–Crippen LogP) is 5.38. The molecule has 0 radical (unpaired) electrons. The van der Waals surface area contributed by atoms with Crippen molar-refractivity contribution < 1.29 is 22.7 Å². The van der Waals surface area contributed by atoms with Gasteiger partial charge in [-0.25, -0.2) is 13.2 Å². The number of halogens is 2. The first-order chi connectivity index (χ1) is 16.1. The highest BCUT2D eigenvalue weighted by molar-refractivity contribution is 7.93. The molecule has 178 valence electrons. The molecule has 7 nitrogen and oxygen atoms in total. The maximum Gasteiger partial charge on any atom is 0.338 e. The van der Waals surface area contributed by atoms with E-state index in [1.165, 1.54) is 37.3 Å². The Morgan fingerprint density at radius 2 is 1.82 bits per heavy atom. The number of anilines is 2. The second-order valence-corrected chi connectivity index (χ2v) is 11.7. The number of esters is 1. The van der Waals surface area contributed by atoms with E-state index in [4.69, 9.17) is 27.9 Å². The molecule has 1 aromatic heterocycles. The van der Waals surface area contributed by atoms with Crippen molar-refractivity contribution in [2.75, 3.05) is 9.62 Å². The predicted molar refractivity (Wildman–Crippen MR) is 134 cm³/mol. The summed E-state index contributed by atoms with van der Waals surface area (Å²) >= 11 is 12.7. The smallest absolute Gasteiger partial charge is 0.338 e. The summed E-state index contributed by atoms with van der Waals surface area (Å²) in [7, 11) is -3.95. The number of ether oxygens (including phenoxy) is 1. The molecule has 1 N–H and O–H groups in total. The Morgan fingerprint density at radius 3 is 2.47 bits per heavy atom. The van der Waals surface area contributed by atoms with Gasteiger partial charge >= 0.3 is 5.97 Å². The molecule has 34 heavy (non-hydrogen) atoms. The molecule has 1 amide bonds. The number of rotatable bonds is 6. The number of para-hydroxylation sites is 1. The number of fused-ring (bicyclic) bond motifs is 1. The summed E-state index contributed by atoms with van der Waals surface area (Å²) in [6.07, 6.45) is -0.257. The Labute approximate surface area is 211 Å². The van der Waals surface area contributed by atoms with Gasteiger partial charge in [0.15, 0.2) is 6.10 Å². The highest BCUT2D eigenvalue weighted by atomic mass is 35.5. The summed E-state index contributed by atoms with van der Waals surface area (Å²) in [5.74, 6) is -0.996. The quantitative estimate of drug-likeness (QED) is 0.425. The first-order valence-corrected chi connectivity index (χ1v) is 13.3. The number of nitrogens with zero attached hydrogens (tertiary/aromatic N) is 1. The fourth-order valence-corrected chi connectivity index (χ4v) is 6.98. The zero-order valence-corrected chi connectivity index (χ0v) is 21.3. The van der Waals surface area contributed by atoms with Crippen LogP contribution in [-0.4, -0.2) is 32.4 Å². The first kappa shape index (κ1) is 24.5. The molecule has 0 saturated heterocycles. The third-order valence-corrected chi connectivity index (χ3v) is 8.50. The average Bonchev–Trinajstić information content (AvgIpc) is 3.31. The van der Waals surface area contributed by atoms with Crippen LogP contribution in [0.5, 0.6) is 0 Å². The number of hydrogen-bond acceptors (Lipinski definition) is 6. The molecule has 2 atom stereocenters. The minimum atomic E-state index is -3.95. The van der Waals surface area contributed by atoms with E-state index in [1.807, 2.05) is 31.2 Å². The molecule has 0 fully saturated rings. The summed E-state index contributed by atoms with van der Waals surface area (Å²) < 4.78 is 33.2. The summed E-state index contributed by atoms with van der Waals surface area (Å²) in [6, 6.07) is 14.5. The third kappa shape index (κ3) is 4.93. The number of hydrogen-bond donors (Lipinski definition) is 1. The zero-order valence-electron chi connectivity index (χ0n) is 18.1. The van der Waals surface area contributed by atoms with E-state index < -0.39 is 22.1 Å². The van der Waals surface area contributed by atoms with Gasteiger partial charge in [-0.15, -0.1) is 11.3 Å². The lowest BCUT2D eigenvalue weighted by Crippen LogP contribution is -2.43. The van der Waals surface area contributed by atoms with Crippen molar-refractivity contribution in [1.29, 1.82) is 0 Å². The van der Waals surface area contributed by atoms with Gasteiger partial charge in [-0.05, 0) is 62.2 Å². The molecule has 11 heteroatoms. The molecule has 1 aliphatic heterocycles. The summed E-state index contributed by atoms with van der Waals surface area (Å²) in [5, 5.41) is 0. The summed E-state index contributed by atoms with van der Waals surface area (Å²) in [5.41, 5.74) is 2.30. The van der Waals surface area contributed by atoms with E-state index in [1.54, 1.807) is 4.90 Å². The largest absolute Gasteiger partial charge is 0.449 e. The average molecular weight is 539 g/mol. The molecule has 2 heterocycles. The number of sulfonamides is 1. The maximum atomic E-state index is 13.0. The molecule has 4 rings (SSSR count). The van der Waals surface area contributed by atoms with Gasteiger partial charge in [-0.1, -0.05) is 41.4 Å². The van der Waals surface area contributed by atoms with Crippen molar-refractivity contribution in [2.24, 2.45) is 0 Å². The fourth-order valence-electron chi connectivity index (χ4n) is 3.77. The lowest BCUT2D eigenvalue weighted by molar-refractivity contribution is -0.126. The Balaban J connectivity index is 1.42. The van der Waals surface area contributed by atoms with Gasteiger partial charge < -0.3 is 9.64 Å². The molecule has 0 bridgehead atoms. The zero-order chi connectivity index (χ0) is 24.6. The van der Waals surface area contributed by atoms with Crippen molar-refractivity contribution >= 4 is 67.8 Å². The molecule has 0 aliphatic carbocycles. The van der Waals surface area contributed by atoms with E-state index >= 15 is 0 Å².